The summed E-state index contributed by atoms with van der Waals surface area (Å²) in [7, 11) is 0. The minimum Gasteiger partial charge on any atom is -0.398 e. The monoisotopic (exact) mass is 287 g/mol. The molecule has 6 heteroatoms. The molecule has 1 unspecified atom stereocenters. The number of nitrogens with two attached hydrogens (primary N) is 1. The first-order valence-electron chi connectivity index (χ1n) is 6.19. The number of hydrogen-bond acceptors (Lipinski definition) is 5. The lowest BCUT2D eigenvalue weighted by Gasteiger charge is -2.20. The first-order valence-corrected chi connectivity index (χ1v) is 7.07. The second-order valence-electron chi connectivity index (χ2n) is 4.75. The Kier molecular flexibility index (Phi) is 2.83. The first-order chi connectivity index (χ1) is 9.50. The van der Waals surface area contributed by atoms with E-state index in [1.165, 1.54) is 16.2 Å². The highest BCUT2D eigenvalue weighted by Gasteiger charge is 2.40. The van der Waals surface area contributed by atoms with Gasteiger partial charge >= 0.3 is 0 Å². The Morgan fingerprint density at radius 1 is 1.30 bits per heavy atom. The molecule has 2 heterocycles. The smallest absolute Gasteiger partial charge is 0.264 e. The van der Waals surface area contributed by atoms with E-state index in [2.05, 4.69) is 4.98 Å². The zero-order chi connectivity index (χ0) is 14.4. The van der Waals surface area contributed by atoms with Crippen LogP contribution in [0.2, 0.25) is 0 Å². The van der Waals surface area contributed by atoms with E-state index in [9.17, 15) is 9.59 Å². The molecule has 0 bridgehead atoms. The van der Waals surface area contributed by atoms with Crippen LogP contribution in [0.15, 0.2) is 23.6 Å². The van der Waals surface area contributed by atoms with E-state index in [4.69, 9.17) is 5.73 Å². The molecule has 0 saturated carbocycles. The third-order valence-corrected chi connectivity index (χ3v) is 4.49. The molecule has 0 spiro atoms. The van der Waals surface area contributed by atoms with Crippen LogP contribution in [0.25, 0.3) is 0 Å². The topological polar surface area (TPSA) is 76.3 Å². The maximum absolute atomic E-state index is 12.5. The molecule has 1 atom stereocenters. The molecule has 1 aliphatic heterocycles. The van der Waals surface area contributed by atoms with Crippen molar-refractivity contribution in [3.8, 4) is 0 Å². The molecule has 1 aliphatic rings. The summed E-state index contributed by atoms with van der Waals surface area (Å²) < 4.78 is 0. The van der Waals surface area contributed by atoms with E-state index < -0.39 is 0 Å². The molecule has 2 aromatic rings. The summed E-state index contributed by atoms with van der Waals surface area (Å²) >= 11 is 1.44. The highest BCUT2D eigenvalue weighted by molar-refractivity contribution is 7.09. The number of carbonyl (C=O) groups excluding carboxylic acids is 2. The van der Waals surface area contributed by atoms with E-state index in [-0.39, 0.29) is 17.9 Å². The lowest BCUT2D eigenvalue weighted by molar-refractivity contribution is 0.0595. The number of fused-ring (bicyclic) bond motifs is 1. The van der Waals surface area contributed by atoms with Crippen molar-refractivity contribution >= 4 is 28.8 Å². The van der Waals surface area contributed by atoms with Gasteiger partial charge in [-0.1, -0.05) is 6.07 Å². The van der Waals surface area contributed by atoms with E-state index >= 15 is 0 Å². The fourth-order valence-corrected chi connectivity index (χ4v) is 3.20. The van der Waals surface area contributed by atoms with Crippen molar-refractivity contribution in [3.63, 3.8) is 0 Å². The molecule has 0 radical (unpaired) electrons. The van der Waals surface area contributed by atoms with E-state index in [1.807, 2.05) is 12.3 Å². The molecular weight excluding hydrogens is 274 g/mol. The fraction of sp³-hybridized carbons (Fsp3) is 0.214. The molecular formula is C14H13N3O2S. The molecule has 2 amide bonds. The number of nitrogen functional groups attached to an aromatic ring is 1. The number of rotatable bonds is 2. The van der Waals surface area contributed by atoms with Crippen molar-refractivity contribution in [3.05, 3.63) is 45.4 Å². The molecule has 5 nitrogen and oxygen atoms in total. The quantitative estimate of drug-likeness (QED) is 0.679. The molecule has 0 aliphatic carbocycles. The van der Waals surface area contributed by atoms with Crippen molar-refractivity contribution < 1.29 is 9.59 Å². The number of anilines is 1. The van der Waals surface area contributed by atoms with Gasteiger partial charge in [0, 0.05) is 16.8 Å². The molecule has 1 aromatic carbocycles. The summed E-state index contributed by atoms with van der Waals surface area (Å²) in [6.07, 6.45) is 0. The van der Waals surface area contributed by atoms with Crippen LogP contribution >= 0.6 is 11.3 Å². The van der Waals surface area contributed by atoms with Gasteiger partial charge in [0.2, 0.25) is 0 Å². The maximum Gasteiger partial charge on any atom is 0.264 e. The Balaban J connectivity index is 2.04. The van der Waals surface area contributed by atoms with Crippen LogP contribution in [-0.2, 0) is 0 Å². The van der Waals surface area contributed by atoms with E-state index in [0.29, 0.717) is 16.8 Å². The van der Waals surface area contributed by atoms with Crippen molar-refractivity contribution in [2.24, 2.45) is 0 Å². The summed E-state index contributed by atoms with van der Waals surface area (Å²) in [6, 6.07) is 4.55. The SMILES string of the molecule is Cc1csc(C(C)N2C(=O)c3cccc(N)c3C2=O)n1. The zero-order valence-electron chi connectivity index (χ0n) is 11.1. The molecule has 3 rings (SSSR count). The molecule has 102 valence electrons. The van der Waals surface area contributed by atoms with Crippen molar-refractivity contribution in [1.82, 2.24) is 9.88 Å². The number of aromatic nitrogens is 1. The number of nitrogens with zero attached hydrogens (tertiary/aromatic N) is 2. The Hall–Kier alpha value is -2.21. The number of carbonyl (C=O) groups is 2. The number of imide groups is 1. The Morgan fingerprint density at radius 3 is 2.65 bits per heavy atom. The summed E-state index contributed by atoms with van der Waals surface area (Å²) in [4.78, 5) is 30.4. The van der Waals surface area contributed by atoms with Crippen LogP contribution in [0.5, 0.6) is 0 Å². The van der Waals surface area contributed by atoms with E-state index in [0.717, 1.165) is 10.7 Å². The van der Waals surface area contributed by atoms with E-state index in [1.54, 1.807) is 25.1 Å². The van der Waals surface area contributed by atoms with Gasteiger partial charge in [-0.15, -0.1) is 11.3 Å². The highest BCUT2D eigenvalue weighted by Crippen LogP contribution is 2.34. The van der Waals surface area contributed by atoms with Crippen LogP contribution in [-0.4, -0.2) is 21.7 Å². The minimum atomic E-state index is -0.388. The zero-order valence-corrected chi connectivity index (χ0v) is 11.9. The first kappa shape index (κ1) is 12.8. The minimum absolute atomic E-state index is 0.303. The Labute approximate surface area is 120 Å². The Morgan fingerprint density at radius 2 is 2.05 bits per heavy atom. The largest absolute Gasteiger partial charge is 0.398 e. The second kappa shape index (κ2) is 4.42. The second-order valence-corrected chi connectivity index (χ2v) is 5.64. The van der Waals surface area contributed by atoms with Crippen molar-refractivity contribution in [2.45, 2.75) is 19.9 Å². The van der Waals surface area contributed by atoms with Gasteiger partial charge < -0.3 is 5.73 Å². The number of thiazole rings is 1. The maximum atomic E-state index is 12.5. The highest BCUT2D eigenvalue weighted by atomic mass is 32.1. The molecule has 2 N–H and O–H groups in total. The van der Waals surface area contributed by atoms with Crippen molar-refractivity contribution in [2.75, 3.05) is 5.73 Å². The lowest BCUT2D eigenvalue weighted by atomic mass is 10.1. The molecule has 20 heavy (non-hydrogen) atoms. The van der Waals surface area contributed by atoms with Crippen LogP contribution in [0, 0.1) is 6.92 Å². The molecule has 0 saturated heterocycles. The van der Waals surface area contributed by atoms with Gasteiger partial charge in [0.25, 0.3) is 11.8 Å². The normalized spacial score (nSPS) is 15.6. The average Bonchev–Trinajstić information content (AvgIpc) is 2.94. The number of amides is 2. The van der Waals surface area contributed by atoms with Crippen LogP contribution < -0.4 is 5.73 Å². The van der Waals surface area contributed by atoms with Gasteiger partial charge in [-0.05, 0) is 26.0 Å². The number of aryl methyl sites for hydroxylation is 1. The van der Waals surface area contributed by atoms with Gasteiger partial charge in [-0.2, -0.15) is 0 Å². The summed E-state index contributed by atoms with van der Waals surface area (Å²) in [6.45, 7) is 3.68. The third-order valence-electron chi connectivity index (χ3n) is 3.36. The predicted molar refractivity (Wildman–Crippen MR) is 76.6 cm³/mol. The summed E-state index contributed by atoms with van der Waals surface area (Å²) in [5.41, 5.74) is 7.71. The van der Waals surface area contributed by atoms with Crippen LogP contribution in [0.1, 0.15) is 44.4 Å². The molecule has 0 fully saturated rings. The number of hydrogen-bond donors (Lipinski definition) is 1. The van der Waals surface area contributed by atoms with Crippen molar-refractivity contribution in [1.29, 1.82) is 0 Å². The van der Waals surface area contributed by atoms with Gasteiger partial charge in [0.05, 0.1) is 17.2 Å². The van der Waals surface area contributed by atoms with Gasteiger partial charge in [0.1, 0.15) is 5.01 Å². The average molecular weight is 287 g/mol. The summed E-state index contributed by atoms with van der Waals surface area (Å²) in [5.74, 6) is -0.652. The summed E-state index contributed by atoms with van der Waals surface area (Å²) in [5, 5.41) is 2.65. The third kappa shape index (κ3) is 1.72. The Bertz CT molecular complexity index is 723. The van der Waals surface area contributed by atoms with Gasteiger partial charge in [0.15, 0.2) is 0 Å². The lowest BCUT2D eigenvalue weighted by Crippen LogP contribution is -2.32. The van der Waals surface area contributed by atoms with Crippen LogP contribution in [0.4, 0.5) is 5.69 Å². The fourth-order valence-electron chi connectivity index (χ4n) is 2.36. The van der Waals surface area contributed by atoms with Gasteiger partial charge in [-0.3, -0.25) is 14.5 Å². The predicted octanol–water partition coefficient (Wildman–Crippen LogP) is 2.39. The molecule has 1 aromatic heterocycles. The number of benzene rings is 1. The standard InChI is InChI=1S/C14H13N3O2S/c1-7-6-20-12(16-7)8(2)17-13(18)9-4-3-5-10(15)11(9)14(17)19/h3-6,8H,15H2,1-2H3. The van der Waals surface area contributed by atoms with Crippen LogP contribution in [0.3, 0.4) is 0 Å². The van der Waals surface area contributed by atoms with Gasteiger partial charge in [-0.25, -0.2) is 4.98 Å².